The molecule has 4 rings (SSSR count). The van der Waals surface area contributed by atoms with Gasteiger partial charge in [-0.05, 0) is 26.0 Å². The maximum absolute atomic E-state index is 13.0. The summed E-state index contributed by atoms with van der Waals surface area (Å²) in [5, 5.41) is 8.59. The van der Waals surface area contributed by atoms with Crippen molar-refractivity contribution in [1.29, 1.82) is 0 Å². The number of hydrogen-bond acceptors (Lipinski definition) is 6. The minimum absolute atomic E-state index is 0.298. The van der Waals surface area contributed by atoms with Crippen LogP contribution in [0.3, 0.4) is 0 Å². The molecule has 10 heteroatoms. The fourth-order valence-corrected chi connectivity index (χ4v) is 2.65. The zero-order valence-corrected chi connectivity index (χ0v) is 14.0. The highest BCUT2D eigenvalue weighted by molar-refractivity contribution is 5.65. The molecule has 25 heavy (non-hydrogen) atoms. The lowest BCUT2D eigenvalue weighted by Crippen LogP contribution is -2.56. The van der Waals surface area contributed by atoms with Gasteiger partial charge < -0.3 is 4.90 Å². The Morgan fingerprint density at radius 3 is 2.56 bits per heavy atom. The van der Waals surface area contributed by atoms with Crippen molar-refractivity contribution >= 4 is 23.7 Å². The van der Waals surface area contributed by atoms with Crippen LogP contribution < -0.4 is 4.90 Å². The molecule has 0 aliphatic carbocycles. The van der Waals surface area contributed by atoms with Crippen molar-refractivity contribution < 1.29 is 8.78 Å². The van der Waals surface area contributed by atoms with E-state index in [1.165, 1.54) is 9.58 Å². The van der Waals surface area contributed by atoms with Crippen LogP contribution in [0.15, 0.2) is 6.20 Å². The molecular weight excluding hydrogens is 330 g/mol. The molecule has 1 fully saturated rings. The van der Waals surface area contributed by atoms with E-state index >= 15 is 0 Å². The standard InChI is InChI=1S/C15H16F2N8/c1-9-6-18-10(2)13-19-11(21-25(9)13)4-5-12-20-14(22-23(12)3)24-7-15(16,17)8-24/h4-6H,7-8H2,1-3H3/b5-4+. The Hall–Kier alpha value is -2.91. The van der Waals surface area contributed by atoms with E-state index in [-0.39, 0.29) is 13.1 Å². The fraction of sp³-hybridized carbons (Fsp3) is 0.400. The smallest absolute Gasteiger partial charge is 0.282 e. The number of nitrogens with zero attached hydrogens (tertiary/aromatic N) is 8. The predicted octanol–water partition coefficient (Wildman–Crippen LogP) is 1.50. The highest BCUT2D eigenvalue weighted by Gasteiger charge is 2.45. The number of hydrogen-bond donors (Lipinski definition) is 0. The summed E-state index contributed by atoms with van der Waals surface area (Å²) < 4.78 is 29.2. The van der Waals surface area contributed by atoms with Gasteiger partial charge in [0.2, 0.25) is 5.95 Å². The Morgan fingerprint density at radius 2 is 1.88 bits per heavy atom. The average molecular weight is 346 g/mol. The zero-order chi connectivity index (χ0) is 17.8. The molecule has 1 aliphatic rings. The summed E-state index contributed by atoms with van der Waals surface area (Å²) in [6.07, 6.45) is 5.16. The SMILES string of the molecule is Cc1ncc(C)n2nc(/C=C/c3nc(N4CC(F)(F)C4)nn3C)nc12. The normalized spacial score (nSPS) is 16.8. The number of fused-ring (bicyclic) bond motifs is 1. The second-order valence-electron chi connectivity index (χ2n) is 6.13. The number of halogens is 2. The van der Waals surface area contributed by atoms with Gasteiger partial charge in [0, 0.05) is 13.2 Å². The van der Waals surface area contributed by atoms with E-state index in [0.717, 1.165) is 11.4 Å². The van der Waals surface area contributed by atoms with Gasteiger partial charge in [-0.25, -0.2) is 23.0 Å². The van der Waals surface area contributed by atoms with Crippen LogP contribution in [0.25, 0.3) is 17.8 Å². The lowest BCUT2D eigenvalue weighted by molar-refractivity contribution is -0.0271. The Morgan fingerprint density at radius 1 is 1.12 bits per heavy atom. The van der Waals surface area contributed by atoms with E-state index in [0.29, 0.717) is 23.2 Å². The Kier molecular flexibility index (Phi) is 3.31. The number of rotatable bonds is 3. The monoisotopic (exact) mass is 346 g/mol. The number of anilines is 1. The molecule has 3 aromatic rings. The molecule has 0 aromatic carbocycles. The lowest BCUT2D eigenvalue weighted by atomic mass is 10.2. The molecule has 0 atom stereocenters. The summed E-state index contributed by atoms with van der Waals surface area (Å²) in [4.78, 5) is 14.4. The topological polar surface area (TPSA) is 77.0 Å². The minimum atomic E-state index is -2.65. The molecule has 4 heterocycles. The summed E-state index contributed by atoms with van der Waals surface area (Å²) in [5.74, 6) is -1.30. The largest absolute Gasteiger partial charge is 0.327 e. The molecule has 0 saturated carbocycles. The molecule has 0 spiro atoms. The number of aryl methyl sites for hydroxylation is 3. The van der Waals surface area contributed by atoms with Gasteiger partial charge in [-0.15, -0.1) is 10.2 Å². The van der Waals surface area contributed by atoms with Crippen LogP contribution in [0, 0.1) is 13.8 Å². The average Bonchev–Trinajstić information content (AvgIpc) is 3.11. The van der Waals surface area contributed by atoms with Crippen molar-refractivity contribution in [3.63, 3.8) is 0 Å². The minimum Gasteiger partial charge on any atom is -0.327 e. The van der Waals surface area contributed by atoms with Crippen LogP contribution in [-0.2, 0) is 7.05 Å². The van der Waals surface area contributed by atoms with Crippen molar-refractivity contribution in [1.82, 2.24) is 34.3 Å². The number of alkyl halides is 2. The highest BCUT2D eigenvalue weighted by atomic mass is 19.3. The molecule has 0 bridgehead atoms. The third kappa shape index (κ3) is 2.73. The van der Waals surface area contributed by atoms with Gasteiger partial charge in [0.25, 0.3) is 5.92 Å². The maximum Gasteiger partial charge on any atom is 0.282 e. The molecule has 130 valence electrons. The Bertz CT molecular complexity index is 940. The third-order valence-electron chi connectivity index (χ3n) is 4.02. The van der Waals surface area contributed by atoms with E-state index < -0.39 is 5.92 Å². The van der Waals surface area contributed by atoms with Gasteiger partial charge in [0.05, 0.1) is 24.5 Å². The first-order valence-electron chi connectivity index (χ1n) is 7.73. The van der Waals surface area contributed by atoms with E-state index in [9.17, 15) is 8.78 Å². The molecular formula is C15H16F2N8. The quantitative estimate of drug-likeness (QED) is 0.715. The summed E-state index contributed by atoms with van der Waals surface area (Å²) in [6.45, 7) is 3.08. The fourth-order valence-electron chi connectivity index (χ4n) is 2.65. The Balaban J connectivity index is 1.59. The summed E-state index contributed by atoms with van der Waals surface area (Å²) in [6, 6.07) is 0. The first-order valence-corrected chi connectivity index (χ1v) is 7.73. The van der Waals surface area contributed by atoms with Gasteiger partial charge in [0.15, 0.2) is 17.3 Å². The molecule has 1 saturated heterocycles. The summed E-state index contributed by atoms with van der Waals surface area (Å²) >= 11 is 0. The maximum atomic E-state index is 13.0. The van der Waals surface area contributed by atoms with Gasteiger partial charge in [-0.2, -0.15) is 4.98 Å². The highest BCUT2D eigenvalue weighted by Crippen LogP contribution is 2.29. The van der Waals surface area contributed by atoms with Crippen LogP contribution in [0.1, 0.15) is 23.0 Å². The number of aromatic nitrogens is 7. The first kappa shape index (κ1) is 15.6. The third-order valence-corrected chi connectivity index (χ3v) is 4.02. The van der Waals surface area contributed by atoms with Crippen LogP contribution in [-0.4, -0.2) is 53.4 Å². The van der Waals surface area contributed by atoms with Crippen LogP contribution in [0.4, 0.5) is 14.7 Å². The van der Waals surface area contributed by atoms with E-state index in [2.05, 4.69) is 25.1 Å². The predicted molar refractivity (Wildman–Crippen MR) is 87.3 cm³/mol. The van der Waals surface area contributed by atoms with Crippen LogP contribution in [0.5, 0.6) is 0 Å². The summed E-state index contributed by atoms with van der Waals surface area (Å²) in [7, 11) is 1.71. The van der Waals surface area contributed by atoms with E-state index in [1.54, 1.807) is 29.9 Å². The first-order chi connectivity index (χ1) is 11.8. The second-order valence-corrected chi connectivity index (χ2v) is 6.13. The molecule has 8 nitrogen and oxygen atoms in total. The van der Waals surface area contributed by atoms with Crippen molar-refractivity contribution in [3.05, 3.63) is 29.2 Å². The van der Waals surface area contributed by atoms with E-state index in [4.69, 9.17) is 0 Å². The van der Waals surface area contributed by atoms with Crippen molar-refractivity contribution in [3.8, 4) is 0 Å². The van der Waals surface area contributed by atoms with Gasteiger partial charge in [-0.3, -0.25) is 4.98 Å². The molecule has 1 aliphatic heterocycles. The molecule has 0 amide bonds. The lowest BCUT2D eigenvalue weighted by Gasteiger charge is -2.37. The van der Waals surface area contributed by atoms with Gasteiger partial charge in [0.1, 0.15) is 0 Å². The Labute approximate surface area is 141 Å². The molecule has 3 aromatic heterocycles. The van der Waals surface area contributed by atoms with Gasteiger partial charge in [-0.1, -0.05) is 0 Å². The molecule has 0 N–H and O–H groups in total. The van der Waals surface area contributed by atoms with Crippen LogP contribution >= 0.6 is 0 Å². The van der Waals surface area contributed by atoms with Crippen LogP contribution in [0.2, 0.25) is 0 Å². The van der Waals surface area contributed by atoms with Crippen molar-refractivity contribution in [2.24, 2.45) is 7.05 Å². The van der Waals surface area contributed by atoms with Crippen molar-refractivity contribution in [2.45, 2.75) is 19.8 Å². The second kappa shape index (κ2) is 5.30. The molecule has 0 radical (unpaired) electrons. The van der Waals surface area contributed by atoms with Crippen molar-refractivity contribution in [2.75, 3.05) is 18.0 Å². The zero-order valence-electron chi connectivity index (χ0n) is 14.0. The van der Waals surface area contributed by atoms with E-state index in [1.807, 2.05) is 13.8 Å². The summed E-state index contributed by atoms with van der Waals surface area (Å²) in [5.41, 5.74) is 2.37. The van der Waals surface area contributed by atoms with Gasteiger partial charge >= 0.3 is 0 Å². The molecule has 0 unspecified atom stereocenters.